The molecule has 0 saturated heterocycles. The van der Waals surface area contributed by atoms with Gasteiger partial charge in [0.05, 0.1) is 23.2 Å². The molecule has 0 bridgehead atoms. The largest absolute Gasteiger partial charge is 0.507 e. The van der Waals surface area contributed by atoms with Gasteiger partial charge in [-0.3, -0.25) is 14.9 Å². The zero-order valence-electron chi connectivity index (χ0n) is 21.5. The molecule has 0 aliphatic heterocycles. The Morgan fingerprint density at radius 1 is 0.902 bits per heavy atom. The van der Waals surface area contributed by atoms with Gasteiger partial charge in [0, 0.05) is 18.6 Å². The summed E-state index contributed by atoms with van der Waals surface area (Å²) in [6.07, 6.45) is -4.46. The van der Waals surface area contributed by atoms with Crippen molar-refractivity contribution in [1.29, 1.82) is 0 Å². The summed E-state index contributed by atoms with van der Waals surface area (Å²) in [6, 6.07) is 20.2. The van der Waals surface area contributed by atoms with Crippen molar-refractivity contribution in [3.8, 4) is 28.0 Å². The number of esters is 1. The second-order valence-corrected chi connectivity index (χ2v) is 9.06. The number of carbonyl (C=O) groups excluding carboxylic acids is 2. The maximum absolute atomic E-state index is 13.1. The van der Waals surface area contributed by atoms with E-state index in [1.54, 1.807) is 36.4 Å². The van der Waals surface area contributed by atoms with E-state index in [0.717, 1.165) is 19.2 Å². The van der Waals surface area contributed by atoms with Crippen LogP contribution in [0.3, 0.4) is 0 Å². The number of hydrogen-bond donors (Lipinski definition) is 2. The Labute approximate surface area is 232 Å². The quantitative estimate of drug-likeness (QED) is 0.150. The van der Waals surface area contributed by atoms with Crippen molar-refractivity contribution in [1.82, 2.24) is 5.32 Å². The molecule has 41 heavy (non-hydrogen) atoms. The summed E-state index contributed by atoms with van der Waals surface area (Å²) in [5, 5.41) is 24.0. The highest BCUT2D eigenvalue weighted by atomic mass is 19.4. The molecular weight excluding hydrogens is 541 g/mol. The van der Waals surface area contributed by atoms with Crippen LogP contribution in [0.2, 0.25) is 0 Å². The van der Waals surface area contributed by atoms with Crippen molar-refractivity contribution in [2.24, 2.45) is 0 Å². The summed E-state index contributed by atoms with van der Waals surface area (Å²) in [5.74, 6) is -1.91. The third-order valence-corrected chi connectivity index (χ3v) is 6.36. The third-order valence-electron chi connectivity index (χ3n) is 6.36. The van der Waals surface area contributed by atoms with Crippen LogP contribution in [-0.4, -0.2) is 35.1 Å². The van der Waals surface area contributed by atoms with E-state index < -0.39 is 34.6 Å². The number of phenols is 1. The first-order valence-electron chi connectivity index (χ1n) is 12.2. The Morgan fingerprint density at radius 3 is 2.07 bits per heavy atom. The first-order valence-corrected chi connectivity index (χ1v) is 12.2. The van der Waals surface area contributed by atoms with Gasteiger partial charge in [0.2, 0.25) is 0 Å². The minimum Gasteiger partial charge on any atom is -0.507 e. The van der Waals surface area contributed by atoms with Crippen molar-refractivity contribution in [3.63, 3.8) is 0 Å². The molecule has 0 spiro atoms. The van der Waals surface area contributed by atoms with E-state index in [9.17, 15) is 38.0 Å². The van der Waals surface area contributed by atoms with E-state index in [-0.39, 0.29) is 23.4 Å². The molecule has 1 atom stereocenters. The number of amides is 1. The molecule has 0 aliphatic rings. The van der Waals surface area contributed by atoms with Crippen molar-refractivity contribution in [3.05, 3.63) is 118 Å². The Kier molecular flexibility index (Phi) is 8.37. The van der Waals surface area contributed by atoms with Gasteiger partial charge in [-0.1, -0.05) is 54.6 Å². The monoisotopic (exact) mass is 564 g/mol. The molecule has 0 saturated carbocycles. The highest BCUT2D eigenvalue weighted by molar-refractivity contribution is 6.00. The number of phenolic OH excluding ortho intramolecular Hbond substituents is 1. The number of ether oxygens (including phenoxy) is 1. The fourth-order valence-electron chi connectivity index (χ4n) is 4.19. The van der Waals surface area contributed by atoms with Crippen LogP contribution in [0.1, 0.15) is 21.5 Å². The van der Waals surface area contributed by atoms with Crippen molar-refractivity contribution >= 4 is 17.6 Å². The molecular formula is C30H23F3N2O6. The molecule has 210 valence electrons. The van der Waals surface area contributed by atoms with Crippen LogP contribution in [0.25, 0.3) is 22.3 Å². The number of nitrogens with one attached hydrogen (secondary N) is 1. The number of benzene rings is 4. The summed E-state index contributed by atoms with van der Waals surface area (Å²) in [5.41, 5.74) is 1.71. The van der Waals surface area contributed by atoms with Crippen LogP contribution >= 0.6 is 0 Å². The van der Waals surface area contributed by atoms with E-state index >= 15 is 0 Å². The Bertz CT molecular complexity index is 1590. The first kappa shape index (κ1) is 28.8. The molecule has 2 N–H and O–H groups in total. The maximum Gasteiger partial charge on any atom is 0.416 e. The third kappa shape index (κ3) is 6.88. The van der Waals surface area contributed by atoms with Crippen LogP contribution in [0.5, 0.6) is 5.75 Å². The lowest BCUT2D eigenvalue weighted by Gasteiger charge is -2.18. The summed E-state index contributed by atoms with van der Waals surface area (Å²) in [7, 11) is 1.16. The Hall–Kier alpha value is -5.19. The normalized spacial score (nSPS) is 11.9. The van der Waals surface area contributed by atoms with Crippen LogP contribution in [0.4, 0.5) is 18.9 Å². The molecule has 0 aromatic heterocycles. The molecule has 0 unspecified atom stereocenters. The Balaban J connectivity index is 1.52. The number of carbonyl (C=O) groups is 2. The van der Waals surface area contributed by atoms with E-state index in [0.29, 0.717) is 27.8 Å². The second kappa shape index (κ2) is 11.9. The zero-order valence-corrected chi connectivity index (χ0v) is 21.5. The maximum atomic E-state index is 13.1. The molecule has 0 fully saturated rings. The lowest BCUT2D eigenvalue weighted by molar-refractivity contribution is -0.384. The molecule has 0 radical (unpaired) electrons. The van der Waals surface area contributed by atoms with Gasteiger partial charge in [-0.15, -0.1) is 0 Å². The number of aromatic hydroxyl groups is 1. The standard InChI is InChI=1S/C30H23F3N2O6/c1-41-29(38)26(15-18-5-7-19(8-6-18)21-3-2-4-24(16-21)35(39)40)34-28(37)25-17-22(11-14-27(25)36)20-9-12-23(13-10-20)30(31,32)33/h2-14,16-17,26,36H,15H2,1H3,(H,34,37)/t26-/m0/s1. The number of halogens is 3. The lowest BCUT2D eigenvalue weighted by atomic mass is 9.99. The molecule has 4 aromatic carbocycles. The average Bonchev–Trinajstić information content (AvgIpc) is 2.96. The van der Waals surface area contributed by atoms with Crippen molar-refractivity contribution in [2.45, 2.75) is 18.6 Å². The van der Waals surface area contributed by atoms with Gasteiger partial charge in [-0.25, -0.2) is 4.79 Å². The van der Waals surface area contributed by atoms with Crippen LogP contribution < -0.4 is 5.32 Å². The smallest absolute Gasteiger partial charge is 0.416 e. The predicted octanol–water partition coefficient (Wildman–Crippen LogP) is 6.17. The topological polar surface area (TPSA) is 119 Å². The van der Waals surface area contributed by atoms with E-state index in [4.69, 9.17) is 4.74 Å². The predicted molar refractivity (Wildman–Crippen MR) is 144 cm³/mol. The van der Waals surface area contributed by atoms with Gasteiger partial charge in [0.25, 0.3) is 11.6 Å². The summed E-state index contributed by atoms with van der Waals surface area (Å²) in [6.45, 7) is 0. The van der Waals surface area contributed by atoms with E-state index in [1.165, 1.54) is 42.5 Å². The summed E-state index contributed by atoms with van der Waals surface area (Å²) >= 11 is 0. The molecule has 4 aromatic rings. The van der Waals surface area contributed by atoms with Gasteiger partial charge < -0.3 is 15.2 Å². The van der Waals surface area contributed by atoms with Gasteiger partial charge in [-0.05, 0) is 52.1 Å². The van der Waals surface area contributed by atoms with E-state index in [2.05, 4.69) is 5.32 Å². The average molecular weight is 565 g/mol. The number of nitro benzene ring substituents is 1. The van der Waals surface area contributed by atoms with Gasteiger partial charge in [0.15, 0.2) is 0 Å². The number of hydrogen-bond acceptors (Lipinski definition) is 6. The van der Waals surface area contributed by atoms with Gasteiger partial charge >= 0.3 is 12.1 Å². The van der Waals surface area contributed by atoms with Gasteiger partial charge in [0.1, 0.15) is 11.8 Å². The first-order chi connectivity index (χ1) is 19.5. The molecule has 11 heteroatoms. The number of nitrogens with zero attached hydrogens (tertiary/aromatic N) is 1. The van der Waals surface area contributed by atoms with Gasteiger partial charge in [-0.2, -0.15) is 13.2 Å². The minimum absolute atomic E-state index is 0.0347. The summed E-state index contributed by atoms with van der Waals surface area (Å²) < 4.78 is 43.6. The fraction of sp³-hybridized carbons (Fsp3) is 0.133. The van der Waals surface area contributed by atoms with Crippen molar-refractivity contribution < 1.29 is 37.5 Å². The molecule has 4 rings (SSSR count). The van der Waals surface area contributed by atoms with Crippen LogP contribution in [0, 0.1) is 10.1 Å². The lowest BCUT2D eigenvalue weighted by Crippen LogP contribution is -2.43. The zero-order chi connectivity index (χ0) is 29.7. The molecule has 0 heterocycles. The van der Waals surface area contributed by atoms with Crippen molar-refractivity contribution in [2.75, 3.05) is 7.11 Å². The number of alkyl halides is 3. The number of rotatable bonds is 8. The summed E-state index contributed by atoms with van der Waals surface area (Å²) in [4.78, 5) is 36.2. The number of non-ortho nitro benzene ring substituents is 1. The molecule has 8 nitrogen and oxygen atoms in total. The van der Waals surface area contributed by atoms with E-state index in [1.807, 2.05) is 0 Å². The van der Waals surface area contributed by atoms with Crippen LogP contribution in [-0.2, 0) is 22.1 Å². The minimum atomic E-state index is -4.50. The second-order valence-electron chi connectivity index (χ2n) is 9.06. The highest BCUT2D eigenvalue weighted by Gasteiger charge is 2.30. The van der Waals surface area contributed by atoms with Crippen LogP contribution in [0.15, 0.2) is 91.0 Å². The molecule has 1 amide bonds. The SMILES string of the molecule is COC(=O)[C@H](Cc1ccc(-c2cccc([N+](=O)[O-])c2)cc1)NC(=O)c1cc(-c2ccc(C(F)(F)F)cc2)ccc1O. The molecule has 0 aliphatic carbocycles. The number of nitro groups is 1. The number of methoxy groups -OCH3 is 1. The highest BCUT2D eigenvalue weighted by Crippen LogP contribution is 2.32. The Morgan fingerprint density at radius 2 is 1.49 bits per heavy atom. The fourth-order valence-corrected chi connectivity index (χ4v) is 4.19.